The van der Waals surface area contributed by atoms with Crippen LogP contribution in [0.25, 0.3) is 0 Å². The molecule has 1 amide bonds. The highest BCUT2D eigenvalue weighted by Crippen LogP contribution is 2.13. The summed E-state index contributed by atoms with van der Waals surface area (Å²) in [6.07, 6.45) is 4.23. The lowest BCUT2D eigenvalue weighted by Gasteiger charge is -2.05. The topological polar surface area (TPSA) is 51.1 Å². The third kappa shape index (κ3) is 4.09. The van der Waals surface area contributed by atoms with E-state index in [1.165, 1.54) is 0 Å². The number of amides is 1. The van der Waals surface area contributed by atoms with Crippen LogP contribution in [-0.4, -0.2) is 33.2 Å². The molecule has 0 aliphatic heterocycles. The Hall–Kier alpha value is -0.620. The molecule has 1 rings (SSSR count). The van der Waals surface area contributed by atoms with Crippen molar-refractivity contribution in [3.05, 3.63) is 22.4 Å². The molecule has 0 aliphatic carbocycles. The van der Waals surface area contributed by atoms with Crippen molar-refractivity contribution < 1.29 is 9.00 Å². The lowest BCUT2D eigenvalue weighted by atomic mass is 10.4. The van der Waals surface area contributed by atoms with E-state index in [9.17, 15) is 9.00 Å². The summed E-state index contributed by atoms with van der Waals surface area (Å²) >= 11 is 3.31. The van der Waals surface area contributed by atoms with Crippen molar-refractivity contribution in [1.82, 2.24) is 9.88 Å². The van der Waals surface area contributed by atoms with Crippen LogP contribution in [0.4, 0.5) is 0 Å². The molecule has 0 fully saturated rings. The zero-order chi connectivity index (χ0) is 12.1. The summed E-state index contributed by atoms with van der Waals surface area (Å²) in [7, 11) is 1.03. The maximum Gasteiger partial charge on any atom is 0.267 e. The van der Waals surface area contributed by atoms with E-state index in [2.05, 4.69) is 21.2 Å². The van der Waals surface area contributed by atoms with Crippen LogP contribution in [0.15, 0.2) is 16.7 Å². The normalized spacial score (nSPS) is 12.4. The number of nitrogens with one attached hydrogen (secondary N) is 1. The van der Waals surface area contributed by atoms with Gasteiger partial charge in [-0.2, -0.15) is 0 Å². The Morgan fingerprint density at radius 2 is 2.31 bits per heavy atom. The smallest absolute Gasteiger partial charge is 0.267 e. The van der Waals surface area contributed by atoms with Crippen molar-refractivity contribution in [3.63, 3.8) is 0 Å². The van der Waals surface area contributed by atoms with Crippen molar-refractivity contribution in [1.29, 1.82) is 0 Å². The van der Waals surface area contributed by atoms with E-state index in [1.54, 1.807) is 16.9 Å². The second kappa shape index (κ2) is 6.20. The molecule has 0 aliphatic rings. The Morgan fingerprint density at radius 1 is 1.62 bits per heavy atom. The van der Waals surface area contributed by atoms with Gasteiger partial charge >= 0.3 is 0 Å². The van der Waals surface area contributed by atoms with Crippen LogP contribution in [0, 0.1) is 0 Å². The molecule has 90 valence electrons. The van der Waals surface area contributed by atoms with E-state index < -0.39 is 10.8 Å². The largest absolute Gasteiger partial charge is 0.351 e. The predicted octanol–water partition coefficient (Wildman–Crippen LogP) is 1.29. The Bertz CT molecular complexity index is 404. The maximum atomic E-state index is 11.7. The van der Waals surface area contributed by atoms with Crippen LogP contribution in [-0.2, 0) is 17.8 Å². The van der Waals surface area contributed by atoms with E-state index in [-0.39, 0.29) is 5.91 Å². The van der Waals surface area contributed by atoms with Crippen molar-refractivity contribution in [2.24, 2.45) is 7.05 Å². The Labute approximate surface area is 106 Å². The van der Waals surface area contributed by atoms with Gasteiger partial charge in [-0.1, -0.05) is 0 Å². The fraction of sp³-hybridized carbons (Fsp3) is 0.500. The zero-order valence-corrected chi connectivity index (χ0v) is 11.7. The average Bonchev–Trinajstić information content (AvgIpc) is 2.52. The molecule has 16 heavy (non-hydrogen) atoms. The summed E-state index contributed by atoms with van der Waals surface area (Å²) < 4.78 is 13.4. The molecule has 1 aromatic rings. The highest BCUT2D eigenvalue weighted by molar-refractivity contribution is 9.10. The molecule has 1 atom stereocenters. The van der Waals surface area contributed by atoms with E-state index in [0.29, 0.717) is 18.0 Å². The van der Waals surface area contributed by atoms with Crippen LogP contribution in [0.2, 0.25) is 0 Å². The van der Waals surface area contributed by atoms with E-state index >= 15 is 0 Å². The van der Waals surface area contributed by atoms with Gasteiger partial charge in [-0.3, -0.25) is 9.00 Å². The van der Waals surface area contributed by atoms with Crippen molar-refractivity contribution >= 4 is 32.6 Å². The van der Waals surface area contributed by atoms with Gasteiger partial charge in [-0.05, 0) is 28.4 Å². The molecule has 0 saturated heterocycles. The SMILES string of the molecule is Cn1cc(Br)cc1C(=O)NCCCS(C)=O. The van der Waals surface area contributed by atoms with Gasteiger partial charge in [0.1, 0.15) is 5.69 Å². The molecule has 1 unspecified atom stereocenters. The molecule has 0 aromatic carbocycles. The van der Waals surface area contributed by atoms with Gasteiger partial charge in [-0.15, -0.1) is 0 Å². The molecule has 0 bridgehead atoms. The molecular formula is C10H15BrN2O2S. The number of hydrogen-bond donors (Lipinski definition) is 1. The summed E-state index contributed by atoms with van der Waals surface area (Å²) in [6, 6.07) is 1.77. The monoisotopic (exact) mass is 306 g/mol. The molecule has 1 aromatic heterocycles. The predicted molar refractivity (Wildman–Crippen MR) is 69.0 cm³/mol. The highest BCUT2D eigenvalue weighted by atomic mass is 79.9. The molecule has 0 saturated carbocycles. The van der Waals surface area contributed by atoms with Crippen molar-refractivity contribution in [3.8, 4) is 0 Å². The zero-order valence-electron chi connectivity index (χ0n) is 9.33. The fourth-order valence-corrected chi connectivity index (χ4v) is 2.39. The van der Waals surface area contributed by atoms with Crippen molar-refractivity contribution in [2.45, 2.75) is 6.42 Å². The number of carbonyl (C=O) groups excluding carboxylic acids is 1. The fourth-order valence-electron chi connectivity index (χ4n) is 1.32. The van der Waals surface area contributed by atoms with Crippen molar-refractivity contribution in [2.75, 3.05) is 18.6 Å². The van der Waals surface area contributed by atoms with Crippen LogP contribution in [0.1, 0.15) is 16.9 Å². The number of nitrogens with zero attached hydrogens (tertiary/aromatic N) is 1. The van der Waals surface area contributed by atoms with Gasteiger partial charge in [0.2, 0.25) is 0 Å². The number of carbonyl (C=O) groups is 1. The average molecular weight is 307 g/mol. The van der Waals surface area contributed by atoms with Crippen LogP contribution in [0.3, 0.4) is 0 Å². The van der Waals surface area contributed by atoms with Crippen LogP contribution >= 0.6 is 15.9 Å². The molecule has 1 N–H and O–H groups in total. The van der Waals surface area contributed by atoms with Gasteiger partial charge in [-0.25, -0.2) is 0 Å². The summed E-state index contributed by atoms with van der Waals surface area (Å²) in [6.45, 7) is 0.557. The Balaban J connectivity index is 2.41. The van der Waals surface area contributed by atoms with Gasteiger partial charge in [0.05, 0.1) is 0 Å². The second-order valence-corrected chi connectivity index (χ2v) is 6.01. The molecule has 4 nitrogen and oxygen atoms in total. The van der Waals surface area contributed by atoms with E-state index in [1.807, 2.05) is 13.2 Å². The van der Waals surface area contributed by atoms with E-state index in [0.717, 1.165) is 10.9 Å². The van der Waals surface area contributed by atoms with Gasteiger partial charge in [0, 0.05) is 47.1 Å². The molecule has 6 heteroatoms. The number of hydrogen-bond acceptors (Lipinski definition) is 2. The quantitative estimate of drug-likeness (QED) is 0.833. The minimum Gasteiger partial charge on any atom is -0.351 e. The number of halogens is 1. The number of rotatable bonds is 5. The summed E-state index contributed by atoms with van der Waals surface area (Å²) in [4.78, 5) is 11.7. The second-order valence-electron chi connectivity index (χ2n) is 3.54. The van der Waals surface area contributed by atoms with Gasteiger partial charge in [0.25, 0.3) is 5.91 Å². The Morgan fingerprint density at radius 3 is 2.81 bits per heavy atom. The number of aromatic nitrogens is 1. The first-order valence-electron chi connectivity index (χ1n) is 4.91. The highest BCUT2D eigenvalue weighted by Gasteiger charge is 2.09. The van der Waals surface area contributed by atoms with Crippen LogP contribution < -0.4 is 5.32 Å². The van der Waals surface area contributed by atoms with Gasteiger partial charge < -0.3 is 9.88 Å². The first-order chi connectivity index (χ1) is 7.50. The summed E-state index contributed by atoms with van der Waals surface area (Å²) in [5, 5.41) is 2.79. The molecular weight excluding hydrogens is 292 g/mol. The van der Waals surface area contributed by atoms with Gasteiger partial charge in [0.15, 0.2) is 0 Å². The first-order valence-corrected chi connectivity index (χ1v) is 7.43. The summed E-state index contributed by atoms with van der Waals surface area (Å²) in [5.74, 6) is 0.520. The third-order valence-corrected chi connectivity index (χ3v) is 3.40. The number of aryl methyl sites for hydroxylation is 1. The standard InChI is InChI=1S/C10H15BrN2O2S/c1-13-7-8(11)6-9(13)10(14)12-4-3-5-16(2)15/h6-7H,3-5H2,1-2H3,(H,12,14). The Kier molecular flexibility index (Phi) is 5.21. The lowest BCUT2D eigenvalue weighted by molar-refractivity contribution is 0.0945. The molecule has 1 heterocycles. The minimum atomic E-state index is -0.789. The maximum absolute atomic E-state index is 11.7. The summed E-state index contributed by atoms with van der Waals surface area (Å²) in [5.41, 5.74) is 0.615. The van der Waals surface area contributed by atoms with E-state index in [4.69, 9.17) is 0 Å². The molecule has 0 spiro atoms. The van der Waals surface area contributed by atoms with Crippen LogP contribution in [0.5, 0.6) is 0 Å². The minimum absolute atomic E-state index is 0.102. The molecule has 0 radical (unpaired) electrons. The first kappa shape index (κ1) is 13.4. The lowest BCUT2D eigenvalue weighted by Crippen LogP contribution is -2.27. The third-order valence-electron chi connectivity index (χ3n) is 2.10.